The number of carboxylic acid groups (broad SMARTS) is 1. The Bertz CT molecular complexity index is 519. The number of carbonyl (C=O) groups excluding carboxylic acids is 2. The maximum atomic E-state index is 10.6. The summed E-state index contributed by atoms with van der Waals surface area (Å²) < 4.78 is 37.2. The number of carbonyl (C=O) groups is 3. The average Bonchev–Trinajstić information content (AvgIpc) is 2.37. The molecule has 0 saturated heterocycles. The molecule has 0 heterocycles. The maximum Gasteiger partial charge on any atom is 0.333 e. The van der Waals surface area contributed by atoms with E-state index in [4.69, 9.17) is 9.66 Å². The fourth-order valence-electron chi connectivity index (χ4n) is 0.661. The van der Waals surface area contributed by atoms with Crippen molar-refractivity contribution in [1.29, 1.82) is 0 Å². The van der Waals surface area contributed by atoms with Gasteiger partial charge >= 0.3 is 17.9 Å². The summed E-state index contributed by atoms with van der Waals surface area (Å²) in [7, 11) is -4.05. The first kappa shape index (κ1) is 22.1. The Kier molecular flexibility index (Phi) is 11.5. The van der Waals surface area contributed by atoms with Gasteiger partial charge in [0.2, 0.25) is 0 Å². The molecule has 0 aliphatic heterocycles. The zero-order valence-corrected chi connectivity index (χ0v) is 12.8. The van der Waals surface area contributed by atoms with Crippen LogP contribution in [0.1, 0.15) is 13.3 Å². The second-order valence-corrected chi connectivity index (χ2v) is 5.29. The Morgan fingerprint density at radius 3 is 2.09 bits per heavy atom. The summed E-state index contributed by atoms with van der Waals surface area (Å²) in [4.78, 5) is 30.7. The zero-order chi connectivity index (χ0) is 17.8. The lowest BCUT2D eigenvalue weighted by molar-refractivity contribution is -0.143. The summed E-state index contributed by atoms with van der Waals surface area (Å²) in [5.41, 5.74) is 0.185. The summed E-state index contributed by atoms with van der Waals surface area (Å²) in [6, 6.07) is 0. The first-order chi connectivity index (χ1) is 9.99. The van der Waals surface area contributed by atoms with Gasteiger partial charge in [0.05, 0.1) is 6.42 Å². The highest BCUT2D eigenvalue weighted by Crippen LogP contribution is 1.92. The van der Waals surface area contributed by atoms with Crippen LogP contribution < -0.4 is 0 Å². The molecule has 0 aliphatic carbocycles. The monoisotopic (exact) mass is 338 g/mol. The van der Waals surface area contributed by atoms with Gasteiger partial charge in [0, 0.05) is 11.6 Å². The summed E-state index contributed by atoms with van der Waals surface area (Å²) in [5, 5.41) is 8.08. The van der Waals surface area contributed by atoms with Gasteiger partial charge in [0.25, 0.3) is 10.1 Å². The molecule has 22 heavy (non-hydrogen) atoms. The third-order valence-corrected chi connectivity index (χ3v) is 2.33. The zero-order valence-electron chi connectivity index (χ0n) is 12.0. The van der Waals surface area contributed by atoms with Crippen LogP contribution in [0.25, 0.3) is 0 Å². The summed E-state index contributed by atoms with van der Waals surface area (Å²) >= 11 is 0. The van der Waals surface area contributed by atoms with Gasteiger partial charge in [-0.2, -0.15) is 8.42 Å². The predicted octanol–water partition coefficient (Wildman–Crippen LogP) is 0.184. The van der Waals surface area contributed by atoms with E-state index in [2.05, 4.69) is 22.6 Å². The molecule has 0 aliphatic rings. The molecule has 0 atom stereocenters. The lowest BCUT2D eigenvalue weighted by atomic mass is 10.4. The van der Waals surface area contributed by atoms with E-state index in [-0.39, 0.29) is 25.2 Å². The van der Waals surface area contributed by atoms with Gasteiger partial charge in [-0.25, -0.2) is 9.59 Å². The van der Waals surface area contributed by atoms with Crippen molar-refractivity contribution in [3.63, 3.8) is 0 Å². The highest BCUT2D eigenvalue weighted by Gasteiger charge is 2.07. The number of esters is 2. The molecule has 10 heteroatoms. The fraction of sp³-hybridized carbons (Fsp3) is 0.417. The van der Waals surface area contributed by atoms with Crippen molar-refractivity contribution in [3.8, 4) is 0 Å². The first-order valence-electron chi connectivity index (χ1n) is 5.78. The molecule has 0 spiro atoms. The second kappa shape index (κ2) is 11.5. The molecule has 0 aromatic rings. The maximum absolute atomic E-state index is 10.6. The van der Waals surface area contributed by atoms with E-state index in [1.165, 1.54) is 6.92 Å². The topological polar surface area (TPSA) is 144 Å². The molecule has 0 amide bonds. The second-order valence-electron chi connectivity index (χ2n) is 3.72. The van der Waals surface area contributed by atoms with Gasteiger partial charge in [-0.15, -0.1) is 0 Å². The minimum atomic E-state index is -4.05. The van der Waals surface area contributed by atoms with E-state index < -0.39 is 33.8 Å². The largest absolute Gasteiger partial charge is 0.481 e. The molecule has 0 radical (unpaired) electrons. The van der Waals surface area contributed by atoms with E-state index in [9.17, 15) is 22.8 Å². The average molecular weight is 338 g/mol. The van der Waals surface area contributed by atoms with E-state index >= 15 is 0 Å². The Morgan fingerprint density at radius 1 is 1.18 bits per heavy atom. The van der Waals surface area contributed by atoms with Crippen molar-refractivity contribution < 1.29 is 41.9 Å². The Balaban J connectivity index is 0. The Labute approximate surface area is 128 Å². The molecular formula is C12H18O9S. The normalized spacial score (nSPS) is 9.73. The van der Waals surface area contributed by atoms with E-state index in [0.29, 0.717) is 0 Å². The lowest BCUT2D eigenvalue weighted by Gasteiger charge is -2.01. The van der Waals surface area contributed by atoms with Crippen LogP contribution in [0.3, 0.4) is 0 Å². The Morgan fingerprint density at radius 2 is 1.73 bits per heavy atom. The minimum Gasteiger partial charge on any atom is -0.481 e. The fourth-order valence-corrected chi connectivity index (χ4v) is 0.955. The number of ether oxygens (including phenoxy) is 2. The van der Waals surface area contributed by atoms with Gasteiger partial charge in [0.15, 0.2) is 0 Å². The van der Waals surface area contributed by atoms with Crippen molar-refractivity contribution in [2.24, 2.45) is 0 Å². The van der Waals surface area contributed by atoms with Crippen LogP contribution in [0.2, 0.25) is 0 Å². The molecule has 0 rings (SSSR count). The highest BCUT2D eigenvalue weighted by molar-refractivity contribution is 7.85. The third kappa shape index (κ3) is 17.8. The van der Waals surface area contributed by atoms with E-state index in [1.807, 2.05) is 0 Å². The Hall–Kier alpha value is -2.20. The number of aliphatic carboxylic acids is 1. The van der Waals surface area contributed by atoms with E-state index in [0.717, 1.165) is 6.08 Å². The molecule has 0 fully saturated rings. The highest BCUT2D eigenvalue weighted by atomic mass is 32.2. The SMILES string of the molecule is C=C(C)C(=O)OCCS(=O)(=O)O.C=CC(=O)OCCC(=O)O. The minimum absolute atomic E-state index is 0.0970. The molecular weight excluding hydrogens is 320 g/mol. The van der Waals surface area contributed by atoms with Crippen molar-refractivity contribution in [1.82, 2.24) is 0 Å². The van der Waals surface area contributed by atoms with Gasteiger partial charge in [-0.05, 0) is 6.92 Å². The summed E-state index contributed by atoms with van der Waals surface area (Å²) in [6.45, 7) is 7.41. The molecule has 0 aromatic heterocycles. The van der Waals surface area contributed by atoms with Crippen LogP contribution in [0.5, 0.6) is 0 Å². The van der Waals surface area contributed by atoms with E-state index in [1.54, 1.807) is 0 Å². The van der Waals surface area contributed by atoms with Crippen molar-refractivity contribution in [2.75, 3.05) is 19.0 Å². The van der Waals surface area contributed by atoms with Gasteiger partial charge in [0.1, 0.15) is 19.0 Å². The van der Waals surface area contributed by atoms with Crippen LogP contribution in [-0.4, -0.2) is 55.0 Å². The van der Waals surface area contributed by atoms with Gasteiger partial charge < -0.3 is 14.6 Å². The first-order valence-corrected chi connectivity index (χ1v) is 7.39. The number of hydrogen-bond donors (Lipinski definition) is 2. The lowest BCUT2D eigenvalue weighted by Crippen LogP contribution is -2.14. The standard InChI is InChI=1S/C6H10O5S.C6H8O4/c1-5(2)6(7)11-3-4-12(8,9)10;1-2-6(9)10-4-3-5(7)8/h1,3-4H2,2H3,(H,8,9,10);2H,1,3-4H2,(H,7,8). The van der Waals surface area contributed by atoms with Crippen molar-refractivity contribution in [2.45, 2.75) is 13.3 Å². The van der Waals surface area contributed by atoms with Crippen LogP contribution in [0.15, 0.2) is 24.8 Å². The molecule has 0 bridgehead atoms. The number of carboxylic acids is 1. The molecule has 2 N–H and O–H groups in total. The molecule has 0 aromatic carbocycles. The molecule has 126 valence electrons. The summed E-state index contributed by atoms with van der Waals surface area (Å²) in [5.74, 6) is -2.84. The van der Waals surface area contributed by atoms with Crippen LogP contribution in [0.4, 0.5) is 0 Å². The molecule has 9 nitrogen and oxygen atoms in total. The number of hydrogen-bond acceptors (Lipinski definition) is 7. The van der Waals surface area contributed by atoms with Gasteiger partial charge in [-0.1, -0.05) is 13.2 Å². The molecule has 0 saturated carbocycles. The van der Waals surface area contributed by atoms with Crippen molar-refractivity contribution >= 4 is 28.0 Å². The third-order valence-electron chi connectivity index (χ3n) is 1.65. The van der Waals surface area contributed by atoms with Crippen LogP contribution in [-0.2, 0) is 34.0 Å². The quantitative estimate of drug-likeness (QED) is 0.359. The van der Waals surface area contributed by atoms with Crippen LogP contribution in [0, 0.1) is 0 Å². The summed E-state index contributed by atoms with van der Waals surface area (Å²) in [6.07, 6.45) is 0.821. The number of rotatable bonds is 8. The smallest absolute Gasteiger partial charge is 0.333 e. The van der Waals surface area contributed by atoms with Gasteiger partial charge in [-0.3, -0.25) is 9.35 Å². The molecule has 0 unspecified atom stereocenters. The predicted molar refractivity (Wildman–Crippen MR) is 75.6 cm³/mol. The van der Waals surface area contributed by atoms with Crippen LogP contribution >= 0.6 is 0 Å². The van der Waals surface area contributed by atoms with Crippen molar-refractivity contribution in [3.05, 3.63) is 24.8 Å².